The first kappa shape index (κ1) is 14.8. The van der Waals surface area contributed by atoms with E-state index in [0.29, 0.717) is 25.7 Å². The highest BCUT2D eigenvalue weighted by Gasteiger charge is 2.30. The minimum atomic E-state index is -0.238. The van der Waals surface area contributed by atoms with E-state index in [-0.39, 0.29) is 11.7 Å². The Morgan fingerprint density at radius 2 is 2.05 bits per heavy atom. The van der Waals surface area contributed by atoms with Crippen molar-refractivity contribution in [1.29, 1.82) is 0 Å². The molecular formula is C17H19FN2O2. The van der Waals surface area contributed by atoms with E-state index in [0.717, 1.165) is 24.2 Å². The summed E-state index contributed by atoms with van der Waals surface area (Å²) in [5.74, 6) is 0.480. The number of amides is 1. The number of benzene rings is 1. The predicted molar refractivity (Wildman–Crippen MR) is 80.4 cm³/mol. The van der Waals surface area contributed by atoms with Crippen molar-refractivity contribution in [2.75, 3.05) is 6.54 Å². The molecule has 2 aromatic rings. The number of furan rings is 1. The second kappa shape index (κ2) is 6.75. The summed E-state index contributed by atoms with van der Waals surface area (Å²) in [6, 6.07) is 10.5. The summed E-state index contributed by atoms with van der Waals surface area (Å²) in [7, 11) is 0. The summed E-state index contributed by atoms with van der Waals surface area (Å²) in [5.41, 5.74) is 1.02. The maximum absolute atomic E-state index is 13.0. The molecule has 1 aromatic carbocycles. The van der Waals surface area contributed by atoms with E-state index < -0.39 is 0 Å². The van der Waals surface area contributed by atoms with Crippen molar-refractivity contribution < 1.29 is 13.6 Å². The molecule has 1 fully saturated rings. The molecule has 4 nitrogen and oxygen atoms in total. The van der Waals surface area contributed by atoms with Gasteiger partial charge in [-0.2, -0.15) is 0 Å². The van der Waals surface area contributed by atoms with E-state index in [9.17, 15) is 9.18 Å². The number of hydrogen-bond donors (Lipinski definition) is 1. The molecular weight excluding hydrogens is 283 g/mol. The molecule has 0 bridgehead atoms. The zero-order valence-corrected chi connectivity index (χ0v) is 12.3. The Morgan fingerprint density at radius 1 is 1.27 bits per heavy atom. The van der Waals surface area contributed by atoms with Crippen molar-refractivity contribution in [3.63, 3.8) is 0 Å². The van der Waals surface area contributed by atoms with Crippen LogP contribution in [0.1, 0.15) is 24.2 Å². The highest BCUT2D eigenvalue weighted by atomic mass is 19.1. The van der Waals surface area contributed by atoms with Crippen LogP contribution in [0.4, 0.5) is 4.39 Å². The summed E-state index contributed by atoms with van der Waals surface area (Å²) in [5, 5.41) is 2.86. The number of halogens is 1. The van der Waals surface area contributed by atoms with Gasteiger partial charge in [-0.05, 0) is 42.7 Å². The summed E-state index contributed by atoms with van der Waals surface area (Å²) in [6.07, 6.45) is 3.83. The van der Waals surface area contributed by atoms with Crippen molar-refractivity contribution in [2.45, 2.75) is 32.0 Å². The number of rotatable bonds is 7. The molecule has 0 saturated heterocycles. The van der Waals surface area contributed by atoms with Crippen LogP contribution in [-0.4, -0.2) is 23.4 Å². The van der Waals surface area contributed by atoms with E-state index >= 15 is 0 Å². The fraction of sp³-hybridized carbons (Fsp3) is 0.353. The first-order chi connectivity index (χ1) is 10.7. The minimum absolute atomic E-state index is 0.0228. The first-order valence-corrected chi connectivity index (χ1v) is 7.48. The van der Waals surface area contributed by atoms with Crippen molar-refractivity contribution in [1.82, 2.24) is 10.2 Å². The van der Waals surface area contributed by atoms with Gasteiger partial charge in [0.05, 0.1) is 19.4 Å². The van der Waals surface area contributed by atoms with E-state index in [2.05, 4.69) is 10.2 Å². The van der Waals surface area contributed by atoms with Crippen molar-refractivity contribution in [3.05, 3.63) is 59.8 Å². The predicted octanol–water partition coefficient (Wildman–Crippen LogP) is 2.70. The third-order valence-electron chi connectivity index (χ3n) is 3.75. The molecule has 3 rings (SSSR count). The molecule has 22 heavy (non-hydrogen) atoms. The molecule has 0 unspecified atom stereocenters. The quantitative estimate of drug-likeness (QED) is 0.855. The van der Waals surface area contributed by atoms with Crippen molar-refractivity contribution in [2.24, 2.45) is 0 Å². The number of nitrogens with one attached hydrogen (secondary N) is 1. The SMILES string of the molecule is O=C(CN(Cc1ccc(F)cc1)C1CC1)NCc1ccco1. The fourth-order valence-electron chi connectivity index (χ4n) is 2.42. The smallest absolute Gasteiger partial charge is 0.234 e. The minimum Gasteiger partial charge on any atom is -0.467 e. The molecule has 5 heteroatoms. The van der Waals surface area contributed by atoms with Crippen LogP contribution < -0.4 is 5.32 Å². The third kappa shape index (κ3) is 4.18. The molecule has 1 aliphatic carbocycles. The number of hydrogen-bond acceptors (Lipinski definition) is 3. The molecule has 1 aromatic heterocycles. The van der Waals surface area contributed by atoms with Gasteiger partial charge in [-0.3, -0.25) is 9.69 Å². The van der Waals surface area contributed by atoms with Crippen LogP contribution in [0.3, 0.4) is 0 Å². The second-order valence-corrected chi connectivity index (χ2v) is 5.62. The van der Waals surface area contributed by atoms with Gasteiger partial charge in [0.1, 0.15) is 11.6 Å². The average Bonchev–Trinajstić information content (AvgIpc) is 3.23. The van der Waals surface area contributed by atoms with Gasteiger partial charge in [0.25, 0.3) is 0 Å². The zero-order valence-electron chi connectivity index (χ0n) is 12.3. The summed E-state index contributed by atoms with van der Waals surface area (Å²) in [4.78, 5) is 14.2. The average molecular weight is 302 g/mol. The monoisotopic (exact) mass is 302 g/mol. The Kier molecular flexibility index (Phi) is 4.53. The van der Waals surface area contributed by atoms with Crippen molar-refractivity contribution in [3.8, 4) is 0 Å². The lowest BCUT2D eigenvalue weighted by Crippen LogP contribution is -2.37. The second-order valence-electron chi connectivity index (χ2n) is 5.62. The van der Waals surface area contributed by atoms with E-state index in [1.807, 2.05) is 6.07 Å². The van der Waals surface area contributed by atoms with Crippen molar-refractivity contribution >= 4 is 5.91 Å². The van der Waals surface area contributed by atoms with Crippen LogP contribution in [0, 0.1) is 5.82 Å². The normalized spacial score (nSPS) is 14.3. The maximum atomic E-state index is 13.0. The van der Waals surface area contributed by atoms with Gasteiger partial charge in [-0.1, -0.05) is 12.1 Å². The molecule has 1 heterocycles. The van der Waals surface area contributed by atoms with E-state index in [4.69, 9.17) is 4.42 Å². The van der Waals surface area contributed by atoms with Crippen LogP contribution in [0.25, 0.3) is 0 Å². The van der Waals surface area contributed by atoms with Gasteiger partial charge in [0, 0.05) is 12.6 Å². The Balaban J connectivity index is 1.52. The Labute approximate surface area is 128 Å². The van der Waals surface area contributed by atoms with Gasteiger partial charge in [-0.15, -0.1) is 0 Å². The standard InChI is InChI=1S/C17H19FN2O2/c18-14-5-3-13(4-6-14)11-20(15-7-8-15)12-17(21)19-10-16-2-1-9-22-16/h1-6,9,15H,7-8,10-12H2,(H,19,21). The largest absolute Gasteiger partial charge is 0.467 e. The Hall–Kier alpha value is -2.14. The van der Waals surface area contributed by atoms with Crippen LogP contribution in [0.5, 0.6) is 0 Å². The molecule has 0 aliphatic heterocycles. The fourth-order valence-corrected chi connectivity index (χ4v) is 2.42. The van der Waals surface area contributed by atoms with Crippen LogP contribution in [0.2, 0.25) is 0 Å². The molecule has 116 valence electrons. The Morgan fingerprint density at radius 3 is 2.68 bits per heavy atom. The molecule has 1 saturated carbocycles. The summed E-state index contributed by atoms with van der Waals surface area (Å²) >= 11 is 0. The topological polar surface area (TPSA) is 45.5 Å². The lowest BCUT2D eigenvalue weighted by atomic mass is 10.2. The van der Waals surface area contributed by atoms with Gasteiger partial charge in [-0.25, -0.2) is 4.39 Å². The third-order valence-corrected chi connectivity index (χ3v) is 3.75. The van der Waals surface area contributed by atoms with E-state index in [1.54, 1.807) is 24.5 Å². The zero-order chi connectivity index (χ0) is 15.4. The molecule has 0 radical (unpaired) electrons. The van der Waals surface area contributed by atoms with Gasteiger partial charge >= 0.3 is 0 Å². The maximum Gasteiger partial charge on any atom is 0.234 e. The number of nitrogens with zero attached hydrogens (tertiary/aromatic N) is 1. The number of carbonyl (C=O) groups excluding carboxylic acids is 1. The molecule has 0 atom stereocenters. The highest BCUT2D eigenvalue weighted by Crippen LogP contribution is 2.28. The highest BCUT2D eigenvalue weighted by molar-refractivity contribution is 5.78. The summed E-state index contributed by atoms with van der Waals surface area (Å²) < 4.78 is 18.1. The molecule has 1 aliphatic rings. The van der Waals surface area contributed by atoms with Gasteiger partial charge < -0.3 is 9.73 Å². The lowest BCUT2D eigenvalue weighted by Gasteiger charge is -2.21. The molecule has 1 N–H and O–H groups in total. The lowest BCUT2D eigenvalue weighted by molar-refractivity contribution is -0.122. The van der Waals surface area contributed by atoms with Crippen LogP contribution in [-0.2, 0) is 17.9 Å². The van der Waals surface area contributed by atoms with Crippen LogP contribution >= 0.6 is 0 Å². The first-order valence-electron chi connectivity index (χ1n) is 7.48. The van der Waals surface area contributed by atoms with Gasteiger partial charge in [0.15, 0.2) is 0 Å². The Bertz CT molecular complexity index is 606. The number of carbonyl (C=O) groups is 1. The molecule has 1 amide bonds. The van der Waals surface area contributed by atoms with Crippen LogP contribution in [0.15, 0.2) is 47.1 Å². The summed E-state index contributed by atoms with van der Waals surface area (Å²) in [6.45, 7) is 1.42. The van der Waals surface area contributed by atoms with Gasteiger partial charge in [0.2, 0.25) is 5.91 Å². The van der Waals surface area contributed by atoms with E-state index in [1.165, 1.54) is 12.1 Å². The molecule has 0 spiro atoms.